The summed E-state index contributed by atoms with van der Waals surface area (Å²) in [6.45, 7) is 1.40. The van der Waals surface area contributed by atoms with E-state index >= 15 is 0 Å². The van der Waals surface area contributed by atoms with Gasteiger partial charge in [-0.3, -0.25) is 10.1 Å². The average Bonchev–Trinajstić information content (AvgIpc) is 2.53. The molecule has 22 heavy (non-hydrogen) atoms. The minimum atomic E-state index is -0.402. The van der Waals surface area contributed by atoms with Gasteiger partial charge in [-0.05, 0) is 37.2 Å². The highest BCUT2D eigenvalue weighted by molar-refractivity contribution is 7.80. The molecule has 6 nitrogen and oxygen atoms in total. The first-order valence-corrected chi connectivity index (χ1v) is 8.08. The van der Waals surface area contributed by atoms with E-state index in [9.17, 15) is 10.1 Å². The number of thiocarbonyl (C=S) groups is 1. The van der Waals surface area contributed by atoms with Gasteiger partial charge < -0.3 is 16.0 Å². The van der Waals surface area contributed by atoms with Crippen LogP contribution >= 0.6 is 12.2 Å². The van der Waals surface area contributed by atoms with Gasteiger partial charge in [0.2, 0.25) is 0 Å². The van der Waals surface area contributed by atoms with Gasteiger partial charge >= 0.3 is 0 Å². The highest BCUT2D eigenvalue weighted by atomic mass is 32.1. The molecular formula is C15H22N4O2S. The van der Waals surface area contributed by atoms with Crippen molar-refractivity contribution in [2.75, 3.05) is 18.4 Å². The highest BCUT2D eigenvalue weighted by Gasteiger charge is 2.13. The van der Waals surface area contributed by atoms with E-state index in [1.54, 1.807) is 12.1 Å². The molecule has 0 atom stereocenters. The molecule has 1 aromatic rings. The lowest BCUT2D eigenvalue weighted by Crippen LogP contribution is -2.43. The van der Waals surface area contributed by atoms with Gasteiger partial charge in [-0.1, -0.05) is 19.3 Å². The molecule has 1 aliphatic carbocycles. The topological polar surface area (TPSA) is 79.2 Å². The van der Waals surface area contributed by atoms with Crippen LogP contribution in [0.15, 0.2) is 24.3 Å². The predicted octanol–water partition coefficient (Wildman–Crippen LogP) is 2.80. The monoisotopic (exact) mass is 322 g/mol. The Morgan fingerprint density at radius 2 is 1.86 bits per heavy atom. The first kappa shape index (κ1) is 16.5. The summed E-state index contributed by atoms with van der Waals surface area (Å²) in [6, 6.07) is 6.90. The quantitative estimate of drug-likeness (QED) is 0.323. The maximum Gasteiger partial charge on any atom is 0.269 e. The molecular weight excluding hydrogens is 300 g/mol. The number of nitrogens with zero attached hydrogens (tertiary/aromatic N) is 1. The molecule has 0 aromatic heterocycles. The Hall–Kier alpha value is -1.89. The van der Waals surface area contributed by atoms with Crippen LogP contribution in [0, 0.1) is 10.1 Å². The Balaban J connectivity index is 1.61. The number of benzene rings is 1. The van der Waals surface area contributed by atoms with Gasteiger partial charge in [-0.15, -0.1) is 0 Å². The summed E-state index contributed by atoms with van der Waals surface area (Å²) in [4.78, 5) is 10.2. The SMILES string of the molecule is O=[N+]([O-])c1ccc(NCCNC(=S)NC2CCCCC2)cc1. The first-order valence-electron chi connectivity index (χ1n) is 7.68. The third-order valence-electron chi connectivity index (χ3n) is 3.76. The van der Waals surface area contributed by atoms with E-state index in [1.165, 1.54) is 44.2 Å². The standard InChI is InChI=1S/C15H22N4O2S/c20-19(21)14-8-6-12(7-9-14)16-10-11-17-15(22)18-13-4-2-1-3-5-13/h6-9,13,16H,1-5,10-11H2,(H2,17,18,22). The summed E-state index contributed by atoms with van der Waals surface area (Å²) in [6.07, 6.45) is 6.28. The van der Waals surface area contributed by atoms with Gasteiger partial charge in [0.15, 0.2) is 5.11 Å². The van der Waals surface area contributed by atoms with E-state index in [2.05, 4.69) is 16.0 Å². The van der Waals surface area contributed by atoms with E-state index in [1.807, 2.05) is 0 Å². The second-order valence-electron chi connectivity index (χ2n) is 5.47. The van der Waals surface area contributed by atoms with E-state index in [-0.39, 0.29) is 5.69 Å². The number of rotatable bonds is 6. The predicted molar refractivity (Wildman–Crippen MR) is 92.2 cm³/mol. The van der Waals surface area contributed by atoms with Crippen LogP contribution in [0.25, 0.3) is 0 Å². The van der Waals surface area contributed by atoms with Crippen molar-refractivity contribution in [3.05, 3.63) is 34.4 Å². The van der Waals surface area contributed by atoms with Crippen LogP contribution in [0.3, 0.4) is 0 Å². The Labute approximate surface area is 135 Å². The van der Waals surface area contributed by atoms with Crippen LogP contribution in [0.2, 0.25) is 0 Å². The number of non-ortho nitro benzene ring substituents is 1. The molecule has 0 aliphatic heterocycles. The van der Waals surface area contributed by atoms with Crippen LogP contribution in [-0.2, 0) is 0 Å². The fourth-order valence-corrected chi connectivity index (χ4v) is 2.84. The summed E-state index contributed by atoms with van der Waals surface area (Å²) in [5.74, 6) is 0. The second-order valence-corrected chi connectivity index (χ2v) is 5.87. The lowest BCUT2D eigenvalue weighted by atomic mass is 9.96. The van der Waals surface area contributed by atoms with Crippen LogP contribution in [0.1, 0.15) is 32.1 Å². The molecule has 1 aromatic carbocycles. The van der Waals surface area contributed by atoms with Crippen molar-refractivity contribution in [1.29, 1.82) is 0 Å². The van der Waals surface area contributed by atoms with Gasteiger partial charge in [0.1, 0.15) is 0 Å². The molecule has 1 fully saturated rings. The van der Waals surface area contributed by atoms with E-state index < -0.39 is 4.92 Å². The summed E-state index contributed by atoms with van der Waals surface area (Å²) < 4.78 is 0. The normalized spacial score (nSPS) is 15.1. The van der Waals surface area contributed by atoms with Crippen molar-refractivity contribution in [2.45, 2.75) is 38.1 Å². The number of hydrogen-bond acceptors (Lipinski definition) is 4. The van der Waals surface area contributed by atoms with Gasteiger partial charge in [0, 0.05) is 37.0 Å². The van der Waals surface area contributed by atoms with Gasteiger partial charge in [0.25, 0.3) is 5.69 Å². The van der Waals surface area contributed by atoms with Gasteiger partial charge in [0.05, 0.1) is 4.92 Å². The highest BCUT2D eigenvalue weighted by Crippen LogP contribution is 2.17. The Bertz CT molecular complexity index is 501. The van der Waals surface area contributed by atoms with Gasteiger partial charge in [-0.25, -0.2) is 0 Å². The van der Waals surface area contributed by atoms with Crippen LogP contribution in [0.5, 0.6) is 0 Å². The van der Waals surface area contributed by atoms with Crippen molar-refractivity contribution in [2.24, 2.45) is 0 Å². The van der Waals surface area contributed by atoms with Crippen LogP contribution in [-0.4, -0.2) is 29.2 Å². The Morgan fingerprint density at radius 3 is 2.50 bits per heavy atom. The van der Waals surface area contributed by atoms with Crippen LogP contribution in [0.4, 0.5) is 11.4 Å². The minimum absolute atomic E-state index is 0.0986. The molecule has 0 heterocycles. The minimum Gasteiger partial charge on any atom is -0.383 e. The molecule has 1 aliphatic rings. The zero-order valence-electron chi connectivity index (χ0n) is 12.5. The Morgan fingerprint density at radius 1 is 1.18 bits per heavy atom. The summed E-state index contributed by atoms with van der Waals surface area (Å²) in [5, 5.41) is 21.0. The van der Waals surface area contributed by atoms with Crippen molar-refractivity contribution in [3.8, 4) is 0 Å². The lowest BCUT2D eigenvalue weighted by Gasteiger charge is -2.24. The maximum absolute atomic E-state index is 10.6. The molecule has 120 valence electrons. The molecule has 0 spiro atoms. The summed E-state index contributed by atoms with van der Waals surface area (Å²) in [5.41, 5.74) is 0.958. The van der Waals surface area contributed by atoms with Gasteiger partial charge in [-0.2, -0.15) is 0 Å². The fraction of sp³-hybridized carbons (Fsp3) is 0.533. The number of nitro benzene ring substituents is 1. The smallest absolute Gasteiger partial charge is 0.269 e. The summed E-state index contributed by atoms with van der Waals surface area (Å²) >= 11 is 5.29. The average molecular weight is 322 g/mol. The lowest BCUT2D eigenvalue weighted by molar-refractivity contribution is -0.384. The summed E-state index contributed by atoms with van der Waals surface area (Å²) in [7, 11) is 0. The molecule has 0 bridgehead atoms. The van der Waals surface area contributed by atoms with Crippen LogP contribution < -0.4 is 16.0 Å². The Kier molecular flexibility index (Phi) is 6.39. The molecule has 0 unspecified atom stereocenters. The molecule has 0 amide bonds. The van der Waals surface area contributed by atoms with E-state index in [0.717, 1.165) is 5.69 Å². The van der Waals surface area contributed by atoms with Crippen molar-refractivity contribution in [1.82, 2.24) is 10.6 Å². The fourth-order valence-electron chi connectivity index (χ4n) is 2.57. The van der Waals surface area contributed by atoms with Crippen molar-refractivity contribution >= 4 is 28.7 Å². The number of hydrogen-bond donors (Lipinski definition) is 3. The van der Waals surface area contributed by atoms with E-state index in [4.69, 9.17) is 12.2 Å². The molecule has 2 rings (SSSR count). The van der Waals surface area contributed by atoms with E-state index in [0.29, 0.717) is 24.2 Å². The van der Waals surface area contributed by atoms with Crippen molar-refractivity contribution < 1.29 is 4.92 Å². The molecule has 0 saturated heterocycles. The zero-order chi connectivity index (χ0) is 15.8. The number of anilines is 1. The molecule has 0 radical (unpaired) electrons. The molecule has 7 heteroatoms. The number of nitro groups is 1. The largest absolute Gasteiger partial charge is 0.383 e. The maximum atomic E-state index is 10.6. The number of nitrogens with one attached hydrogen (secondary N) is 3. The third kappa shape index (κ3) is 5.48. The second kappa shape index (κ2) is 8.53. The first-order chi connectivity index (χ1) is 10.6. The zero-order valence-corrected chi connectivity index (χ0v) is 13.3. The van der Waals surface area contributed by atoms with Crippen molar-refractivity contribution in [3.63, 3.8) is 0 Å². The molecule has 1 saturated carbocycles. The third-order valence-corrected chi connectivity index (χ3v) is 4.02. The molecule has 3 N–H and O–H groups in total.